The first-order chi connectivity index (χ1) is 8.49. The monoisotopic (exact) mass is 249 g/mol. The van der Waals surface area contributed by atoms with Gasteiger partial charge in [0.1, 0.15) is 0 Å². The van der Waals surface area contributed by atoms with Crippen LogP contribution in [-0.2, 0) is 0 Å². The number of carbonyl (C=O) groups is 1. The number of carbonyl (C=O) groups excluding carboxylic acids is 1. The van der Waals surface area contributed by atoms with Gasteiger partial charge < -0.3 is 10.6 Å². The van der Waals surface area contributed by atoms with Crippen molar-refractivity contribution in [1.82, 2.24) is 4.90 Å². The van der Waals surface area contributed by atoms with Gasteiger partial charge in [-0.25, -0.2) is 0 Å². The molecule has 1 aromatic rings. The second-order valence-corrected chi connectivity index (χ2v) is 4.56. The van der Waals surface area contributed by atoms with Gasteiger partial charge in [0, 0.05) is 36.3 Å². The number of nitrogens with zero attached hydrogens (tertiary/aromatic N) is 2. The van der Waals surface area contributed by atoms with Crippen LogP contribution in [0.2, 0.25) is 0 Å². The highest BCUT2D eigenvalue weighted by Gasteiger charge is 2.25. The summed E-state index contributed by atoms with van der Waals surface area (Å²) in [5.41, 5.74) is 6.76. The SMILES string of the molecule is Cc1cc(C(=O)N2CCC(N)C2)ccc1[N+](=O)[O-]. The zero-order chi connectivity index (χ0) is 13.3. The maximum absolute atomic E-state index is 12.1. The van der Waals surface area contributed by atoms with E-state index < -0.39 is 4.92 Å². The molecule has 0 bridgehead atoms. The van der Waals surface area contributed by atoms with Crippen LogP contribution in [0.4, 0.5) is 5.69 Å². The van der Waals surface area contributed by atoms with E-state index in [1.165, 1.54) is 12.1 Å². The van der Waals surface area contributed by atoms with Crippen molar-refractivity contribution in [2.45, 2.75) is 19.4 Å². The van der Waals surface area contributed by atoms with Crippen LogP contribution >= 0.6 is 0 Å². The maximum Gasteiger partial charge on any atom is 0.272 e. The zero-order valence-corrected chi connectivity index (χ0v) is 10.1. The molecule has 1 fully saturated rings. The molecule has 6 heteroatoms. The normalized spacial score (nSPS) is 19.0. The van der Waals surface area contributed by atoms with Crippen molar-refractivity contribution >= 4 is 11.6 Å². The summed E-state index contributed by atoms with van der Waals surface area (Å²) in [5, 5.41) is 10.7. The smallest absolute Gasteiger partial charge is 0.272 e. The Kier molecular flexibility index (Phi) is 3.29. The number of nitro groups is 1. The number of nitrogens with two attached hydrogens (primary N) is 1. The number of benzene rings is 1. The summed E-state index contributed by atoms with van der Waals surface area (Å²) in [6.07, 6.45) is 0.803. The number of amides is 1. The third kappa shape index (κ3) is 2.33. The first-order valence-electron chi connectivity index (χ1n) is 5.79. The molecule has 1 saturated heterocycles. The molecule has 0 aromatic heterocycles. The molecular weight excluding hydrogens is 234 g/mol. The van der Waals surface area contributed by atoms with Gasteiger partial charge >= 0.3 is 0 Å². The van der Waals surface area contributed by atoms with Crippen LogP contribution in [0.25, 0.3) is 0 Å². The Morgan fingerprint density at radius 3 is 2.78 bits per heavy atom. The molecule has 0 aliphatic carbocycles. The fraction of sp³-hybridized carbons (Fsp3) is 0.417. The molecule has 0 radical (unpaired) electrons. The topological polar surface area (TPSA) is 89.5 Å². The highest BCUT2D eigenvalue weighted by atomic mass is 16.6. The van der Waals surface area contributed by atoms with Crippen molar-refractivity contribution in [3.8, 4) is 0 Å². The summed E-state index contributed by atoms with van der Waals surface area (Å²) in [6.45, 7) is 2.83. The third-order valence-electron chi connectivity index (χ3n) is 3.15. The third-order valence-corrected chi connectivity index (χ3v) is 3.15. The van der Waals surface area contributed by atoms with Crippen LogP contribution in [0.5, 0.6) is 0 Å². The number of hydrogen-bond donors (Lipinski definition) is 1. The highest BCUT2D eigenvalue weighted by Crippen LogP contribution is 2.20. The summed E-state index contributed by atoms with van der Waals surface area (Å²) in [5.74, 6) is -0.110. The first kappa shape index (κ1) is 12.5. The van der Waals surface area contributed by atoms with Gasteiger partial charge in [-0.15, -0.1) is 0 Å². The van der Waals surface area contributed by atoms with Crippen LogP contribution < -0.4 is 5.73 Å². The predicted octanol–water partition coefficient (Wildman–Crippen LogP) is 1.08. The fourth-order valence-electron chi connectivity index (χ4n) is 2.15. The maximum atomic E-state index is 12.1. The van der Waals surface area contributed by atoms with Crippen LogP contribution in [0.15, 0.2) is 18.2 Å². The van der Waals surface area contributed by atoms with Crippen molar-refractivity contribution in [1.29, 1.82) is 0 Å². The van der Waals surface area contributed by atoms with Crippen molar-refractivity contribution < 1.29 is 9.72 Å². The van der Waals surface area contributed by atoms with E-state index in [0.717, 1.165) is 6.42 Å². The molecule has 1 atom stereocenters. The molecule has 1 amide bonds. The van der Waals surface area contributed by atoms with Crippen molar-refractivity contribution in [3.05, 3.63) is 39.4 Å². The van der Waals surface area contributed by atoms with Crippen molar-refractivity contribution in [2.24, 2.45) is 5.73 Å². The Morgan fingerprint density at radius 1 is 1.56 bits per heavy atom. The second-order valence-electron chi connectivity index (χ2n) is 4.56. The lowest BCUT2D eigenvalue weighted by molar-refractivity contribution is -0.385. The Labute approximate surface area is 105 Å². The number of rotatable bonds is 2. The van der Waals surface area contributed by atoms with Gasteiger partial charge in [-0.1, -0.05) is 0 Å². The average Bonchev–Trinajstić information content (AvgIpc) is 2.74. The van der Waals surface area contributed by atoms with Crippen molar-refractivity contribution in [2.75, 3.05) is 13.1 Å². The van der Waals surface area contributed by atoms with E-state index in [1.54, 1.807) is 17.9 Å². The lowest BCUT2D eigenvalue weighted by Crippen LogP contribution is -2.31. The van der Waals surface area contributed by atoms with E-state index >= 15 is 0 Å². The van der Waals surface area contributed by atoms with E-state index in [9.17, 15) is 14.9 Å². The first-order valence-corrected chi connectivity index (χ1v) is 5.79. The molecule has 0 saturated carbocycles. The molecule has 18 heavy (non-hydrogen) atoms. The average molecular weight is 249 g/mol. The van der Waals surface area contributed by atoms with Crippen LogP contribution in [-0.4, -0.2) is 34.9 Å². The summed E-state index contributed by atoms with van der Waals surface area (Å²) in [4.78, 5) is 24.1. The molecule has 1 heterocycles. The van der Waals surface area contributed by atoms with Crippen LogP contribution in [0, 0.1) is 17.0 Å². The number of aryl methyl sites for hydroxylation is 1. The Morgan fingerprint density at radius 2 is 2.28 bits per heavy atom. The van der Waals surface area contributed by atoms with Gasteiger partial charge in [0.25, 0.3) is 11.6 Å². The summed E-state index contributed by atoms with van der Waals surface area (Å²) < 4.78 is 0. The Bertz CT molecular complexity index is 501. The molecule has 1 aromatic carbocycles. The molecular formula is C12H15N3O3. The van der Waals surface area contributed by atoms with E-state index in [1.807, 2.05) is 0 Å². The van der Waals surface area contributed by atoms with E-state index in [2.05, 4.69) is 0 Å². The lowest BCUT2D eigenvalue weighted by Gasteiger charge is -2.15. The molecule has 96 valence electrons. The molecule has 2 N–H and O–H groups in total. The fourth-order valence-corrected chi connectivity index (χ4v) is 2.15. The minimum Gasteiger partial charge on any atom is -0.337 e. The predicted molar refractivity (Wildman–Crippen MR) is 66.3 cm³/mol. The number of nitro benzene ring substituents is 1. The molecule has 2 rings (SSSR count). The molecule has 0 spiro atoms. The summed E-state index contributed by atoms with van der Waals surface area (Å²) >= 11 is 0. The van der Waals surface area contributed by atoms with Crippen LogP contribution in [0.3, 0.4) is 0 Å². The van der Waals surface area contributed by atoms with Gasteiger partial charge in [-0.3, -0.25) is 14.9 Å². The van der Waals surface area contributed by atoms with Gasteiger partial charge in [-0.05, 0) is 25.5 Å². The van der Waals surface area contributed by atoms with Crippen LogP contribution in [0.1, 0.15) is 22.3 Å². The molecule has 1 aliphatic rings. The summed E-state index contributed by atoms with van der Waals surface area (Å²) in [6, 6.07) is 4.47. The number of likely N-dealkylation sites (tertiary alicyclic amines) is 1. The number of hydrogen-bond acceptors (Lipinski definition) is 4. The van der Waals surface area contributed by atoms with Gasteiger partial charge in [0.05, 0.1) is 4.92 Å². The quantitative estimate of drug-likeness (QED) is 0.627. The van der Waals surface area contributed by atoms with E-state index in [4.69, 9.17) is 5.73 Å². The summed E-state index contributed by atoms with van der Waals surface area (Å²) in [7, 11) is 0. The highest BCUT2D eigenvalue weighted by molar-refractivity contribution is 5.95. The minimum atomic E-state index is -0.449. The molecule has 1 unspecified atom stereocenters. The van der Waals surface area contributed by atoms with Crippen molar-refractivity contribution in [3.63, 3.8) is 0 Å². The Hall–Kier alpha value is -1.95. The van der Waals surface area contributed by atoms with Gasteiger partial charge in [0.2, 0.25) is 0 Å². The Balaban J connectivity index is 2.21. The minimum absolute atomic E-state index is 0.0321. The lowest BCUT2D eigenvalue weighted by atomic mass is 10.1. The zero-order valence-electron chi connectivity index (χ0n) is 10.1. The van der Waals surface area contributed by atoms with Gasteiger partial charge in [-0.2, -0.15) is 0 Å². The van der Waals surface area contributed by atoms with Gasteiger partial charge in [0.15, 0.2) is 0 Å². The standard InChI is InChI=1S/C12H15N3O3/c1-8-6-9(2-3-11(8)15(17)18)12(16)14-5-4-10(13)7-14/h2-3,6,10H,4-5,7,13H2,1H3. The largest absolute Gasteiger partial charge is 0.337 e. The molecule has 1 aliphatic heterocycles. The van der Waals surface area contributed by atoms with E-state index in [-0.39, 0.29) is 17.6 Å². The van der Waals surface area contributed by atoms with E-state index in [0.29, 0.717) is 24.2 Å². The second kappa shape index (κ2) is 4.73. The molecule has 6 nitrogen and oxygen atoms in total.